The van der Waals surface area contributed by atoms with Gasteiger partial charge in [-0.25, -0.2) is 4.68 Å². The summed E-state index contributed by atoms with van der Waals surface area (Å²) < 4.78 is 6.86. The number of hydrogen-bond acceptors (Lipinski definition) is 4. The molecule has 7 heteroatoms. The SMILES string of the molecule is CC(C)n1nccc1NC(=O)[C@H](C)OC(=O)Cc1ccc(Cl)cc1. The summed E-state index contributed by atoms with van der Waals surface area (Å²) in [6.45, 7) is 5.45. The molecule has 0 spiro atoms. The number of nitrogens with one attached hydrogen (secondary N) is 1. The maximum absolute atomic E-state index is 12.2. The van der Waals surface area contributed by atoms with Gasteiger partial charge >= 0.3 is 5.97 Å². The second kappa shape index (κ2) is 7.97. The van der Waals surface area contributed by atoms with Gasteiger partial charge in [0.25, 0.3) is 5.91 Å². The molecule has 0 bridgehead atoms. The standard InChI is InChI=1S/C17H20ClN3O3/c1-11(2)21-15(8-9-19-21)20-17(23)12(3)24-16(22)10-13-4-6-14(18)7-5-13/h4-9,11-12H,10H2,1-3H3,(H,20,23)/t12-/m0/s1. The molecule has 0 unspecified atom stereocenters. The van der Waals surface area contributed by atoms with Crippen LogP contribution in [0.1, 0.15) is 32.4 Å². The van der Waals surface area contributed by atoms with Gasteiger partial charge in [0, 0.05) is 17.1 Å². The molecule has 2 rings (SSSR count). The van der Waals surface area contributed by atoms with Crippen molar-refractivity contribution in [3.05, 3.63) is 47.1 Å². The number of rotatable bonds is 6. The molecule has 1 heterocycles. The van der Waals surface area contributed by atoms with Crippen molar-refractivity contribution in [1.29, 1.82) is 0 Å². The van der Waals surface area contributed by atoms with Crippen molar-refractivity contribution >= 4 is 29.3 Å². The van der Waals surface area contributed by atoms with E-state index in [0.29, 0.717) is 10.8 Å². The average Bonchev–Trinajstić information content (AvgIpc) is 2.97. The minimum absolute atomic E-state index is 0.0821. The van der Waals surface area contributed by atoms with Crippen molar-refractivity contribution in [3.8, 4) is 0 Å². The lowest BCUT2D eigenvalue weighted by Crippen LogP contribution is -2.31. The molecule has 2 aromatic rings. The van der Waals surface area contributed by atoms with E-state index in [2.05, 4.69) is 10.4 Å². The molecule has 24 heavy (non-hydrogen) atoms. The van der Waals surface area contributed by atoms with Crippen molar-refractivity contribution in [2.75, 3.05) is 5.32 Å². The van der Waals surface area contributed by atoms with E-state index in [9.17, 15) is 9.59 Å². The molecular weight excluding hydrogens is 330 g/mol. The van der Waals surface area contributed by atoms with E-state index in [1.807, 2.05) is 13.8 Å². The maximum Gasteiger partial charge on any atom is 0.311 e. The van der Waals surface area contributed by atoms with Gasteiger partial charge in [0.05, 0.1) is 12.6 Å². The number of esters is 1. The van der Waals surface area contributed by atoms with Crippen molar-refractivity contribution < 1.29 is 14.3 Å². The zero-order valence-corrected chi connectivity index (χ0v) is 14.6. The maximum atomic E-state index is 12.2. The Kier molecular flexibility index (Phi) is 5.98. The minimum Gasteiger partial charge on any atom is -0.452 e. The Labute approximate surface area is 145 Å². The molecule has 0 fully saturated rings. The second-order valence-corrected chi connectivity index (χ2v) is 6.12. The number of anilines is 1. The fourth-order valence-electron chi connectivity index (χ4n) is 2.11. The molecule has 1 amide bonds. The van der Waals surface area contributed by atoms with E-state index in [0.717, 1.165) is 5.56 Å². The van der Waals surface area contributed by atoms with Crippen molar-refractivity contribution in [3.63, 3.8) is 0 Å². The van der Waals surface area contributed by atoms with Crippen molar-refractivity contribution in [2.45, 2.75) is 39.3 Å². The lowest BCUT2D eigenvalue weighted by atomic mass is 10.1. The van der Waals surface area contributed by atoms with Crippen LogP contribution in [-0.2, 0) is 20.7 Å². The number of nitrogens with zero attached hydrogens (tertiary/aromatic N) is 2. The van der Waals surface area contributed by atoms with Crippen LogP contribution in [0.5, 0.6) is 0 Å². The molecule has 1 aromatic heterocycles. The number of aromatic nitrogens is 2. The van der Waals surface area contributed by atoms with Gasteiger partial charge in [-0.3, -0.25) is 9.59 Å². The molecular formula is C17H20ClN3O3. The van der Waals surface area contributed by atoms with Crippen LogP contribution < -0.4 is 5.32 Å². The number of hydrogen-bond donors (Lipinski definition) is 1. The van der Waals surface area contributed by atoms with Crippen LogP contribution in [0.2, 0.25) is 5.02 Å². The summed E-state index contributed by atoms with van der Waals surface area (Å²) in [5.74, 6) is -0.310. The third-order valence-electron chi connectivity index (χ3n) is 3.35. The number of carbonyl (C=O) groups is 2. The van der Waals surface area contributed by atoms with E-state index >= 15 is 0 Å². The summed E-state index contributed by atoms with van der Waals surface area (Å²) in [6.07, 6.45) is 0.784. The Morgan fingerprint density at radius 2 is 1.88 bits per heavy atom. The third kappa shape index (κ3) is 4.83. The van der Waals surface area contributed by atoms with E-state index in [1.165, 1.54) is 6.92 Å². The summed E-state index contributed by atoms with van der Waals surface area (Å²) in [4.78, 5) is 24.1. The zero-order valence-electron chi connectivity index (χ0n) is 13.8. The number of carbonyl (C=O) groups excluding carboxylic acids is 2. The normalized spacial score (nSPS) is 12.0. The number of amides is 1. The van der Waals surface area contributed by atoms with Crippen molar-refractivity contribution in [2.24, 2.45) is 0 Å². The minimum atomic E-state index is -0.902. The first-order chi connectivity index (χ1) is 11.4. The molecule has 0 aliphatic carbocycles. The summed E-state index contributed by atoms with van der Waals surface area (Å²) in [6, 6.07) is 8.70. The molecule has 1 aromatic carbocycles. The van der Waals surface area contributed by atoms with E-state index < -0.39 is 18.0 Å². The van der Waals surface area contributed by atoms with E-state index in [-0.39, 0.29) is 12.5 Å². The van der Waals surface area contributed by atoms with E-state index in [1.54, 1.807) is 41.2 Å². The zero-order chi connectivity index (χ0) is 17.7. The van der Waals surface area contributed by atoms with Crippen LogP contribution in [0, 0.1) is 0 Å². The third-order valence-corrected chi connectivity index (χ3v) is 3.60. The van der Waals surface area contributed by atoms with Gasteiger partial charge in [-0.15, -0.1) is 0 Å². The van der Waals surface area contributed by atoms with Gasteiger partial charge in [-0.2, -0.15) is 5.10 Å². The van der Waals surface area contributed by atoms with E-state index in [4.69, 9.17) is 16.3 Å². The Balaban J connectivity index is 1.90. The number of halogens is 1. The molecule has 0 aliphatic heterocycles. The van der Waals surface area contributed by atoms with Gasteiger partial charge in [-0.05, 0) is 38.5 Å². The largest absolute Gasteiger partial charge is 0.452 e. The first-order valence-electron chi connectivity index (χ1n) is 7.65. The molecule has 0 radical (unpaired) electrons. The van der Waals surface area contributed by atoms with Gasteiger partial charge < -0.3 is 10.1 Å². The smallest absolute Gasteiger partial charge is 0.311 e. The molecule has 6 nitrogen and oxygen atoms in total. The van der Waals surface area contributed by atoms with Gasteiger partial charge in [0.15, 0.2) is 6.10 Å². The molecule has 1 N–H and O–H groups in total. The summed E-state index contributed by atoms with van der Waals surface area (Å²) in [5, 5.41) is 7.45. The van der Waals surface area contributed by atoms with Crippen LogP contribution in [0.25, 0.3) is 0 Å². The Bertz CT molecular complexity index is 710. The highest BCUT2D eigenvalue weighted by Crippen LogP contribution is 2.14. The molecule has 0 saturated heterocycles. The fourth-order valence-corrected chi connectivity index (χ4v) is 2.24. The lowest BCUT2D eigenvalue weighted by molar-refractivity contribution is -0.152. The highest BCUT2D eigenvalue weighted by atomic mass is 35.5. The lowest BCUT2D eigenvalue weighted by Gasteiger charge is -2.15. The first-order valence-corrected chi connectivity index (χ1v) is 8.03. The topological polar surface area (TPSA) is 73.2 Å². The summed E-state index contributed by atoms with van der Waals surface area (Å²) >= 11 is 5.80. The van der Waals surface area contributed by atoms with Crippen LogP contribution in [0.3, 0.4) is 0 Å². The van der Waals surface area contributed by atoms with Crippen LogP contribution >= 0.6 is 11.6 Å². The average molecular weight is 350 g/mol. The van der Waals surface area contributed by atoms with Crippen LogP contribution in [0.15, 0.2) is 36.5 Å². The number of benzene rings is 1. The Hall–Kier alpha value is -2.34. The summed E-state index contributed by atoms with van der Waals surface area (Å²) in [5.41, 5.74) is 0.773. The number of ether oxygens (including phenoxy) is 1. The summed E-state index contributed by atoms with van der Waals surface area (Å²) in [7, 11) is 0. The van der Waals surface area contributed by atoms with Gasteiger partial charge in [0.2, 0.25) is 0 Å². The quantitative estimate of drug-likeness (QED) is 0.812. The van der Waals surface area contributed by atoms with Gasteiger partial charge in [0.1, 0.15) is 5.82 Å². The predicted molar refractivity (Wildman–Crippen MR) is 92.0 cm³/mol. The Morgan fingerprint density at radius 3 is 2.50 bits per heavy atom. The molecule has 1 atom stereocenters. The highest BCUT2D eigenvalue weighted by Gasteiger charge is 2.19. The molecule has 0 saturated carbocycles. The highest BCUT2D eigenvalue weighted by molar-refractivity contribution is 6.30. The van der Waals surface area contributed by atoms with Crippen LogP contribution in [-0.4, -0.2) is 27.8 Å². The van der Waals surface area contributed by atoms with Crippen molar-refractivity contribution in [1.82, 2.24) is 9.78 Å². The molecule has 128 valence electrons. The first kappa shape index (κ1) is 18.0. The second-order valence-electron chi connectivity index (χ2n) is 5.68. The Morgan fingerprint density at radius 1 is 1.21 bits per heavy atom. The molecule has 0 aliphatic rings. The van der Waals surface area contributed by atoms with Crippen LogP contribution in [0.4, 0.5) is 5.82 Å². The van der Waals surface area contributed by atoms with Gasteiger partial charge in [-0.1, -0.05) is 23.7 Å². The fraction of sp³-hybridized carbons (Fsp3) is 0.353. The monoisotopic (exact) mass is 349 g/mol. The predicted octanol–water partition coefficient (Wildman–Crippen LogP) is 3.23.